The maximum absolute atomic E-state index is 6.81. The Hall–Kier alpha value is -0.0800. The van der Waals surface area contributed by atoms with Crippen molar-refractivity contribution in [2.45, 2.75) is 84.8 Å². The molecule has 2 heteroatoms. The second kappa shape index (κ2) is 4.73. The highest BCUT2D eigenvalue weighted by atomic mass is 16.5. The number of ether oxygens (including phenoxy) is 1. The Morgan fingerprint density at radius 1 is 0.842 bits per heavy atom. The number of hydrogen-bond donors (Lipinski definition) is 1. The summed E-state index contributed by atoms with van der Waals surface area (Å²) in [6, 6.07) is 0. The third-order valence-corrected chi connectivity index (χ3v) is 5.17. The molecule has 1 saturated heterocycles. The van der Waals surface area contributed by atoms with E-state index in [0.29, 0.717) is 10.8 Å². The van der Waals surface area contributed by atoms with Gasteiger partial charge in [-0.2, -0.15) is 0 Å². The van der Waals surface area contributed by atoms with Crippen molar-refractivity contribution in [1.82, 2.24) is 5.32 Å². The number of rotatable bonds is 2. The Morgan fingerprint density at radius 2 is 1.37 bits per heavy atom. The van der Waals surface area contributed by atoms with E-state index in [4.69, 9.17) is 4.74 Å². The molecule has 2 fully saturated rings. The Kier molecular flexibility index (Phi) is 3.81. The average Bonchev–Trinajstić information content (AvgIpc) is 2.24. The molecule has 2 nitrogen and oxygen atoms in total. The summed E-state index contributed by atoms with van der Waals surface area (Å²) in [6.07, 6.45) is 5.91. The van der Waals surface area contributed by atoms with Crippen molar-refractivity contribution >= 4 is 0 Å². The van der Waals surface area contributed by atoms with Crippen molar-refractivity contribution in [3.8, 4) is 0 Å². The van der Waals surface area contributed by atoms with Crippen LogP contribution in [0.25, 0.3) is 0 Å². The molecule has 1 heterocycles. The molecule has 0 amide bonds. The second-order valence-electron chi connectivity index (χ2n) is 8.64. The van der Waals surface area contributed by atoms with Crippen LogP contribution in [0.2, 0.25) is 0 Å². The average molecular weight is 267 g/mol. The lowest BCUT2D eigenvalue weighted by molar-refractivity contribution is -0.222. The van der Waals surface area contributed by atoms with Crippen LogP contribution in [0.3, 0.4) is 0 Å². The summed E-state index contributed by atoms with van der Waals surface area (Å²) in [6.45, 7) is 16.2. The van der Waals surface area contributed by atoms with Gasteiger partial charge in [-0.15, -0.1) is 0 Å². The number of morpholine rings is 1. The Labute approximate surface area is 119 Å². The minimum Gasteiger partial charge on any atom is -0.366 e. The van der Waals surface area contributed by atoms with E-state index in [2.05, 4.69) is 46.9 Å². The third kappa shape index (κ3) is 3.16. The van der Waals surface area contributed by atoms with E-state index in [1.54, 1.807) is 0 Å². The molecule has 0 radical (unpaired) electrons. The first kappa shape index (κ1) is 15.3. The van der Waals surface area contributed by atoms with Crippen LogP contribution in [0.5, 0.6) is 0 Å². The maximum atomic E-state index is 6.81. The predicted molar refractivity (Wildman–Crippen MR) is 81.4 cm³/mol. The fourth-order valence-electron chi connectivity index (χ4n) is 5.12. The highest BCUT2D eigenvalue weighted by molar-refractivity contribution is 5.04. The molecule has 1 aliphatic carbocycles. The molecule has 0 aromatic heterocycles. The predicted octanol–water partition coefficient (Wildman–Crippen LogP) is 4.14. The molecule has 1 saturated carbocycles. The number of hydrogen-bond acceptors (Lipinski definition) is 2. The van der Waals surface area contributed by atoms with Gasteiger partial charge in [0, 0.05) is 13.1 Å². The van der Waals surface area contributed by atoms with Gasteiger partial charge in [0.25, 0.3) is 0 Å². The Balaban J connectivity index is 2.26. The van der Waals surface area contributed by atoms with E-state index >= 15 is 0 Å². The Morgan fingerprint density at radius 3 is 1.84 bits per heavy atom. The lowest BCUT2D eigenvalue weighted by atomic mass is 9.59. The van der Waals surface area contributed by atoms with Gasteiger partial charge in [-0.1, -0.05) is 41.5 Å². The fourth-order valence-corrected chi connectivity index (χ4v) is 5.12. The van der Waals surface area contributed by atoms with Crippen molar-refractivity contribution in [3.63, 3.8) is 0 Å². The quantitative estimate of drug-likeness (QED) is 0.812. The van der Waals surface area contributed by atoms with Gasteiger partial charge in [0.1, 0.15) is 0 Å². The van der Waals surface area contributed by atoms with Crippen LogP contribution in [0.4, 0.5) is 0 Å². The third-order valence-electron chi connectivity index (χ3n) is 5.17. The highest BCUT2D eigenvalue weighted by Crippen LogP contribution is 2.53. The summed E-state index contributed by atoms with van der Waals surface area (Å²) in [5.41, 5.74) is 0.874. The molecule has 0 aromatic rings. The van der Waals surface area contributed by atoms with Crippen LogP contribution < -0.4 is 5.32 Å². The van der Waals surface area contributed by atoms with Gasteiger partial charge in [-0.3, -0.25) is 0 Å². The lowest BCUT2D eigenvalue weighted by Gasteiger charge is -2.57. The van der Waals surface area contributed by atoms with Gasteiger partial charge in [0.2, 0.25) is 0 Å². The molecular weight excluding hydrogens is 234 g/mol. The summed E-state index contributed by atoms with van der Waals surface area (Å²) in [5.74, 6) is 0. The summed E-state index contributed by atoms with van der Waals surface area (Å²) < 4.78 is 6.81. The maximum Gasteiger partial charge on any atom is 0.0824 e. The van der Waals surface area contributed by atoms with Gasteiger partial charge in [-0.05, 0) is 42.9 Å². The van der Waals surface area contributed by atoms with E-state index in [-0.39, 0.29) is 11.2 Å². The zero-order chi connectivity index (χ0) is 14.4. The van der Waals surface area contributed by atoms with Crippen LogP contribution in [-0.4, -0.2) is 24.3 Å². The van der Waals surface area contributed by atoms with Crippen LogP contribution in [0, 0.1) is 10.8 Å². The molecule has 1 aliphatic heterocycles. The van der Waals surface area contributed by atoms with E-state index in [9.17, 15) is 0 Å². The summed E-state index contributed by atoms with van der Waals surface area (Å²) >= 11 is 0. The van der Waals surface area contributed by atoms with Crippen LogP contribution in [-0.2, 0) is 4.74 Å². The first-order valence-corrected chi connectivity index (χ1v) is 8.07. The van der Waals surface area contributed by atoms with Gasteiger partial charge in [0.15, 0.2) is 0 Å². The van der Waals surface area contributed by atoms with E-state index in [1.165, 1.54) is 19.3 Å². The van der Waals surface area contributed by atoms with E-state index in [1.807, 2.05) is 0 Å². The van der Waals surface area contributed by atoms with Crippen molar-refractivity contribution in [3.05, 3.63) is 0 Å². The molecule has 2 rings (SSSR count). The first-order valence-electron chi connectivity index (χ1n) is 8.07. The molecule has 0 unspecified atom stereocenters. The van der Waals surface area contributed by atoms with Crippen molar-refractivity contribution in [2.75, 3.05) is 13.1 Å². The monoisotopic (exact) mass is 267 g/mol. The molecule has 1 N–H and O–H groups in total. The fraction of sp³-hybridized carbons (Fsp3) is 1.00. The van der Waals surface area contributed by atoms with E-state index in [0.717, 1.165) is 25.9 Å². The zero-order valence-electron chi connectivity index (χ0n) is 13.9. The SMILES string of the molecule is CCC1(CC)CNCC2(CC(C)(C)CC(C)(C)C2)O1. The smallest absolute Gasteiger partial charge is 0.0824 e. The van der Waals surface area contributed by atoms with Gasteiger partial charge in [-0.25, -0.2) is 0 Å². The van der Waals surface area contributed by atoms with Crippen molar-refractivity contribution in [1.29, 1.82) is 0 Å². The summed E-state index contributed by atoms with van der Waals surface area (Å²) in [4.78, 5) is 0. The molecule has 1 spiro atoms. The van der Waals surface area contributed by atoms with Gasteiger partial charge >= 0.3 is 0 Å². The normalized spacial score (nSPS) is 31.3. The minimum absolute atomic E-state index is 0.0511. The van der Waals surface area contributed by atoms with Crippen LogP contribution >= 0.6 is 0 Å². The topological polar surface area (TPSA) is 21.3 Å². The zero-order valence-corrected chi connectivity index (χ0v) is 13.9. The molecular formula is C17H33NO. The molecule has 19 heavy (non-hydrogen) atoms. The molecule has 0 atom stereocenters. The van der Waals surface area contributed by atoms with E-state index < -0.39 is 0 Å². The number of nitrogens with one attached hydrogen (secondary N) is 1. The largest absolute Gasteiger partial charge is 0.366 e. The minimum atomic E-state index is 0.0511. The van der Waals surface area contributed by atoms with Crippen LogP contribution in [0.1, 0.15) is 73.6 Å². The summed E-state index contributed by atoms with van der Waals surface area (Å²) in [5, 5.41) is 3.69. The standard InChI is InChI=1S/C17H33NO/c1-7-16(8-2)12-18-13-17(19-16)10-14(3,4)9-15(5,6)11-17/h18H,7-13H2,1-6H3. The van der Waals surface area contributed by atoms with Crippen LogP contribution in [0.15, 0.2) is 0 Å². The van der Waals surface area contributed by atoms with Gasteiger partial charge in [0.05, 0.1) is 11.2 Å². The van der Waals surface area contributed by atoms with Gasteiger partial charge < -0.3 is 10.1 Å². The van der Waals surface area contributed by atoms with Crippen molar-refractivity contribution in [2.24, 2.45) is 10.8 Å². The highest BCUT2D eigenvalue weighted by Gasteiger charge is 2.52. The Bertz CT molecular complexity index is 312. The molecule has 0 bridgehead atoms. The molecule has 2 aliphatic rings. The molecule has 112 valence electrons. The summed E-state index contributed by atoms with van der Waals surface area (Å²) in [7, 11) is 0. The second-order valence-corrected chi connectivity index (χ2v) is 8.64. The van der Waals surface area contributed by atoms with Crippen molar-refractivity contribution < 1.29 is 4.74 Å². The first-order chi connectivity index (χ1) is 8.66. The lowest BCUT2D eigenvalue weighted by Crippen LogP contribution is -2.63. The molecule has 0 aromatic carbocycles.